The fraction of sp³-hybridized carbons (Fsp3) is 0.583. The highest BCUT2D eigenvalue weighted by atomic mass is 16.6. The minimum atomic E-state index is -0.254. The molecular weight excluding hydrogens is 394 g/mol. The molecule has 0 radical (unpaired) electrons. The van der Waals surface area contributed by atoms with E-state index >= 15 is 0 Å². The van der Waals surface area contributed by atoms with E-state index in [1.807, 2.05) is 11.5 Å². The maximum Gasteiger partial charge on any atom is 0.409 e. The van der Waals surface area contributed by atoms with Crippen LogP contribution in [0.3, 0.4) is 0 Å². The van der Waals surface area contributed by atoms with E-state index in [0.29, 0.717) is 45.4 Å². The number of carbonyl (C=O) groups excluding carboxylic acids is 1. The zero-order chi connectivity index (χ0) is 22.0. The number of fused-ring (bicyclic) bond motifs is 1. The number of carbonyl (C=O) groups is 1. The molecule has 31 heavy (non-hydrogen) atoms. The van der Waals surface area contributed by atoms with Crippen molar-refractivity contribution in [2.24, 2.45) is 10.9 Å². The van der Waals surface area contributed by atoms with Crippen LogP contribution in [0.2, 0.25) is 0 Å². The summed E-state index contributed by atoms with van der Waals surface area (Å²) >= 11 is 0. The molecule has 0 spiro atoms. The largest absolute Gasteiger partial charge is 0.494 e. The minimum Gasteiger partial charge on any atom is -0.494 e. The van der Waals surface area contributed by atoms with Crippen LogP contribution in [0.25, 0.3) is 10.9 Å². The summed E-state index contributed by atoms with van der Waals surface area (Å²) in [6, 6.07) is 6.60. The summed E-state index contributed by atoms with van der Waals surface area (Å²) in [6.07, 6.45) is 2.27. The zero-order valence-electron chi connectivity index (χ0n) is 18.8. The monoisotopic (exact) mass is 427 g/mol. The lowest BCUT2D eigenvalue weighted by Gasteiger charge is -2.32. The van der Waals surface area contributed by atoms with E-state index in [-0.39, 0.29) is 18.0 Å². The topological polar surface area (TPSA) is 76.3 Å². The number of rotatable bonds is 5. The number of likely N-dealkylation sites (tertiary alicyclic amines) is 1. The molecule has 2 aliphatic heterocycles. The lowest BCUT2D eigenvalue weighted by molar-refractivity contribution is 0.0924. The van der Waals surface area contributed by atoms with E-state index in [1.165, 1.54) is 5.56 Å². The number of amides is 1. The maximum atomic E-state index is 12.1. The van der Waals surface area contributed by atoms with Gasteiger partial charge in [-0.05, 0) is 49.8 Å². The molecule has 4 rings (SSSR count). The molecule has 0 bridgehead atoms. The molecule has 1 saturated heterocycles. The molecule has 1 fully saturated rings. The van der Waals surface area contributed by atoms with Gasteiger partial charge in [0.25, 0.3) is 0 Å². The summed E-state index contributed by atoms with van der Waals surface area (Å²) in [7, 11) is 0. The molecule has 1 amide bonds. The number of aliphatic imine (C=N–C) groups is 1. The van der Waals surface area contributed by atoms with Gasteiger partial charge in [0.15, 0.2) is 0 Å². The van der Waals surface area contributed by atoms with Gasteiger partial charge in [-0.3, -0.25) is 4.99 Å². The number of aromatic nitrogens is 1. The van der Waals surface area contributed by atoms with E-state index < -0.39 is 0 Å². The molecule has 0 atom stereocenters. The van der Waals surface area contributed by atoms with Crippen molar-refractivity contribution in [2.45, 2.75) is 46.1 Å². The van der Waals surface area contributed by atoms with Crippen LogP contribution in [-0.2, 0) is 15.9 Å². The van der Waals surface area contributed by atoms with E-state index in [0.717, 1.165) is 41.4 Å². The van der Waals surface area contributed by atoms with Gasteiger partial charge in [-0.2, -0.15) is 0 Å². The third-order valence-corrected chi connectivity index (χ3v) is 6.11. The van der Waals surface area contributed by atoms with E-state index in [2.05, 4.69) is 37.0 Å². The van der Waals surface area contributed by atoms with Crippen LogP contribution < -0.4 is 0 Å². The predicted molar refractivity (Wildman–Crippen MR) is 121 cm³/mol. The van der Waals surface area contributed by atoms with Crippen molar-refractivity contribution in [3.63, 3.8) is 0 Å². The second-order valence-electron chi connectivity index (χ2n) is 8.82. The Morgan fingerprint density at radius 2 is 2.10 bits per heavy atom. The third kappa shape index (κ3) is 4.42. The first-order chi connectivity index (χ1) is 15.0. The van der Waals surface area contributed by atoms with Gasteiger partial charge in [-0.15, -0.1) is 0 Å². The van der Waals surface area contributed by atoms with E-state index in [9.17, 15) is 9.90 Å². The Bertz CT molecular complexity index is 971. The Morgan fingerprint density at radius 3 is 2.74 bits per heavy atom. The third-order valence-electron chi connectivity index (χ3n) is 6.11. The summed E-state index contributed by atoms with van der Waals surface area (Å²) < 4.78 is 12.8. The number of nitrogens with zero attached hydrogens (tertiary/aromatic N) is 3. The van der Waals surface area contributed by atoms with Crippen molar-refractivity contribution in [3.05, 3.63) is 29.3 Å². The molecule has 7 heteroatoms. The number of hydrogen-bond acceptors (Lipinski definition) is 5. The Balaban J connectivity index is 1.71. The summed E-state index contributed by atoms with van der Waals surface area (Å²) in [5, 5.41) is 12.4. The molecule has 0 unspecified atom stereocenters. The first kappa shape index (κ1) is 21.7. The predicted octanol–water partition coefficient (Wildman–Crippen LogP) is 4.16. The number of piperidine rings is 1. The van der Waals surface area contributed by atoms with Gasteiger partial charge in [0.1, 0.15) is 0 Å². The van der Waals surface area contributed by atoms with Crippen LogP contribution in [0.15, 0.2) is 23.2 Å². The summed E-state index contributed by atoms with van der Waals surface area (Å²) in [5.41, 5.74) is 3.89. The van der Waals surface area contributed by atoms with Crippen molar-refractivity contribution in [1.82, 2.24) is 9.47 Å². The molecule has 1 aromatic heterocycles. The van der Waals surface area contributed by atoms with Crippen LogP contribution in [0.1, 0.15) is 50.8 Å². The Hall–Kier alpha value is -2.54. The molecule has 168 valence electrons. The normalized spacial score (nSPS) is 17.9. The SMILES string of the molecule is CCOC(=O)N1CCC(n2c(O)c(C3=NCCOC3)c3cc(CC(C)C)ccc32)CC1. The van der Waals surface area contributed by atoms with Crippen molar-refractivity contribution < 1.29 is 19.4 Å². The van der Waals surface area contributed by atoms with Crippen LogP contribution in [0, 0.1) is 5.92 Å². The van der Waals surface area contributed by atoms with Crippen molar-refractivity contribution in [1.29, 1.82) is 0 Å². The molecule has 0 aliphatic carbocycles. The zero-order valence-corrected chi connectivity index (χ0v) is 18.8. The molecule has 0 saturated carbocycles. The molecule has 1 N–H and O–H groups in total. The fourth-order valence-electron chi connectivity index (χ4n) is 4.73. The Labute approximate surface area is 183 Å². The first-order valence-electron chi connectivity index (χ1n) is 11.4. The van der Waals surface area contributed by atoms with Gasteiger partial charge in [0.2, 0.25) is 5.88 Å². The second-order valence-corrected chi connectivity index (χ2v) is 8.82. The molecule has 7 nitrogen and oxygen atoms in total. The van der Waals surface area contributed by atoms with Crippen LogP contribution in [-0.4, -0.2) is 65.8 Å². The van der Waals surface area contributed by atoms with Crippen molar-refractivity contribution in [2.75, 3.05) is 39.5 Å². The quantitative estimate of drug-likeness (QED) is 0.777. The number of benzene rings is 1. The lowest BCUT2D eigenvalue weighted by atomic mass is 9.99. The number of hydrogen-bond donors (Lipinski definition) is 1. The Kier molecular flexibility index (Phi) is 6.51. The maximum absolute atomic E-state index is 12.1. The molecule has 1 aromatic carbocycles. The Morgan fingerprint density at radius 1 is 1.32 bits per heavy atom. The summed E-state index contributed by atoms with van der Waals surface area (Å²) in [4.78, 5) is 18.5. The van der Waals surface area contributed by atoms with Crippen molar-refractivity contribution >= 4 is 22.7 Å². The second kappa shape index (κ2) is 9.30. The summed E-state index contributed by atoms with van der Waals surface area (Å²) in [6.45, 7) is 9.52. The average Bonchev–Trinajstić information content (AvgIpc) is 3.05. The van der Waals surface area contributed by atoms with Gasteiger partial charge >= 0.3 is 6.09 Å². The molecular formula is C24H33N3O4. The lowest BCUT2D eigenvalue weighted by Crippen LogP contribution is -2.39. The number of ether oxygens (including phenoxy) is 2. The number of aromatic hydroxyl groups is 1. The van der Waals surface area contributed by atoms with Crippen LogP contribution in [0.5, 0.6) is 5.88 Å². The highest BCUT2D eigenvalue weighted by Gasteiger charge is 2.30. The van der Waals surface area contributed by atoms with Gasteiger partial charge in [-0.25, -0.2) is 4.79 Å². The van der Waals surface area contributed by atoms with E-state index in [1.54, 1.807) is 4.90 Å². The average molecular weight is 428 g/mol. The van der Waals surface area contributed by atoms with Crippen LogP contribution >= 0.6 is 0 Å². The standard InChI is InChI=1S/C24H33N3O4/c1-4-31-24(29)26-10-7-18(8-11-26)27-21-6-5-17(13-16(2)3)14-19(21)22(23(27)28)20-15-30-12-9-25-20/h5-6,14,16,18,28H,4,7-13,15H2,1-3H3. The van der Waals surface area contributed by atoms with Gasteiger partial charge < -0.3 is 24.0 Å². The van der Waals surface area contributed by atoms with Gasteiger partial charge in [0.05, 0.1) is 43.2 Å². The van der Waals surface area contributed by atoms with E-state index in [4.69, 9.17) is 9.47 Å². The molecule has 2 aromatic rings. The van der Waals surface area contributed by atoms with Crippen LogP contribution in [0.4, 0.5) is 4.79 Å². The molecule has 3 heterocycles. The van der Waals surface area contributed by atoms with Gasteiger partial charge in [0, 0.05) is 24.5 Å². The summed E-state index contributed by atoms with van der Waals surface area (Å²) in [5.74, 6) is 0.815. The highest BCUT2D eigenvalue weighted by molar-refractivity contribution is 6.14. The van der Waals surface area contributed by atoms with Crippen molar-refractivity contribution in [3.8, 4) is 5.88 Å². The first-order valence-corrected chi connectivity index (χ1v) is 11.4. The van der Waals surface area contributed by atoms with Gasteiger partial charge in [-0.1, -0.05) is 19.9 Å². The highest BCUT2D eigenvalue weighted by Crippen LogP contribution is 2.39. The fourth-order valence-corrected chi connectivity index (χ4v) is 4.73. The molecule has 2 aliphatic rings. The smallest absolute Gasteiger partial charge is 0.409 e. The minimum absolute atomic E-state index is 0.114.